The number of ether oxygens (including phenoxy) is 1. The van der Waals surface area contributed by atoms with Gasteiger partial charge < -0.3 is 15.0 Å². The molecule has 0 aliphatic carbocycles. The zero-order chi connectivity index (χ0) is 19.4. The highest BCUT2D eigenvalue weighted by Crippen LogP contribution is 2.26. The van der Waals surface area contributed by atoms with Crippen molar-refractivity contribution in [2.24, 2.45) is 0 Å². The molecule has 1 aromatic carbocycles. The minimum Gasteiger partial charge on any atom is -0.492 e. The third-order valence-corrected chi connectivity index (χ3v) is 6.16. The molecule has 1 atom stereocenters. The summed E-state index contributed by atoms with van der Waals surface area (Å²) in [6, 6.07) is 10.4. The topological polar surface area (TPSA) is 101 Å². The van der Waals surface area contributed by atoms with Crippen molar-refractivity contribution in [3.63, 3.8) is 0 Å². The van der Waals surface area contributed by atoms with E-state index < -0.39 is 9.84 Å². The van der Waals surface area contributed by atoms with Crippen LogP contribution in [0.5, 0.6) is 5.75 Å². The number of carbonyl (C=O) groups excluding carboxylic acids is 1. The minimum absolute atomic E-state index is 0.00345. The van der Waals surface area contributed by atoms with E-state index in [1.807, 2.05) is 31.2 Å². The fraction of sp³-hybridized carbons (Fsp3) is 0.389. The van der Waals surface area contributed by atoms with Gasteiger partial charge in [0.2, 0.25) is 0 Å². The Balaban J connectivity index is 1.69. The molecule has 144 valence electrons. The zero-order valence-electron chi connectivity index (χ0n) is 15.3. The number of benzene rings is 1. The molecule has 1 aliphatic rings. The van der Waals surface area contributed by atoms with Gasteiger partial charge in [-0.2, -0.15) is 0 Å². The van der Waals surface area contributed by atoms with Crippen molar-refractivity contribution in [2.75, 3.05) is 30.5 Å². The third kappa shape index (κ3) is 4.54. The maximum atomic E-state index is 12.5. The van der Waals surface area contributed by atoms with E-state index in [-0.39, 0.29) is 29.1 Å². The van der Waals surface area contributed by atoms with Crippen LogP contribution in [-0.4, -0.2) is 60.6 Å². The van der Waals surface area contributed by atoms with E-state index in [1.165, 1.54) is 4.90 Å². The van der Waals surface area contributed by atoms with Gasteiger partial charge in [0.05, 0.1) is 23.8 Å². The second-order valence-electron chi connectivity index (χ2n) is 6.33. The summed E-state index contributed by atoms with van der Waals surface area (Å²) >= 11 is 0. The Kier molecular flexibility index (Phi) is 5.59. The summed E-state index contributed by atoms with van der Waals surface area (Å²) in [4.78, 5) is 14.0. The Morgan fingerprint density at radius 2 is 2.04 bits per heavy atom. The Bertz CT molecular complexity index is 915. The molecule has 0 spiro atoms. The standard InChI is InChI=1S/C18H22N4O4S/c1-3-26-16-7-5-4-6-14(16)19-17-9-8-15(20-21-17)18(23)22(2)13-10-11-27(24,25)12-13/h4-9,13H,3,10-12H2,1-2H3,(H,19,21). The van der Waals surface area contributed by atoms with Gasteiger partial charge in [0.1, 0.15) is 5.75 Å². The fourth-order valence-electron chi connectivity index (χ4n) is 2.93. The van der Waals surface area contributed by atoms with E-state index in [0.717, 1.165) is 5.69 Å². The minimum atomic E-state index is -3.06. The number of para-hydroxylation sites is 2. The number of nitrogens with zero attached hydrogens (tertiary/aromatic N) is 3. The summed E-state index contributed by atoms with van der Waals surface area (Å²) in [6.45, 7) is 2.45. The van der Waals surface area contributed by atoms with Gasteiger partial charge in [0.25, 0.3) is 5.91 Å². The van der Waals surface area contributed by atoms with Gasteiger partial charge in [-0.3, -0.25) is 4.79 Å². The van der Waals surface area contributed by atoms with Crippen LogP contribution in [0.4, 0.5) is 11.5 Å². The van der Waals surface area contributed by atoms with Crippen molar-refractivity contribution in [1.82, 2.24) is 15.1 Å². The lowest BCUT2D eigenvalue weighted by Crippen LogP contribution is -2.38. The number of anilines is 2. The molecule has 1 saturated heterocycles. The number of nitrogens with one attached hydrogen (secondary N) is 1. The van der Waals surface area contributed by atoms with Crippen LogP contribution in [0.3, 0.4) is 0 Å². The van der Waals surface area contributed by atoms with E-state index >= 15 is 0 Å². The van der Waals surface area contributed by atoms with E-state index in [0.29, 0.717) is 24.6 Å². The lowest BCUT2D eigenvalue weighted by atomic mass is 10.2. The van der Waals surface area contributed by atoms with Gasteiger partial charge in [-0.15, -0.1) is 10.2 Å². The number of rotatable bonds is 6. The molecule has 1 unspecified atom stereocenters. The van der Waals surface area contributed by atoms with Gasteiger partial charge >= 0.3 is 0 Å². The van der Waals surface area contributed by atoms with Crippen molar-refractivity contribution in [3.05, 3.63) is 42.1 Å². The Labute approximate surface area is 158 Å². The van der Waals surface area contributed by atoms with Gasteiger partial charge in [-0.05, 0) is 37.6 Å². The van der Waals surface area contributed by atoms with Gasteiger partial charge in [-0.1, -0.05) is 12.1 Å². The molecule has 0 radical (unpaired) electrons. The smallest absolute Gasteiger partial charge is 0.274 e. The predicted octanol–water partition coefficient (Wildman–Crippen LogP) is 1.88. The zero-order valence-corrected chi connectivity index (χ0v) is 16.1. The van der Waals surface area contributed by atoms with Crippen molar-refractivity contribution in [3.8, 4) is 5.75 Å². The first-order valence-electron chi connectivity index (χ1n) is 8.70. The maximum Gasteiger partial charge on any atom is 0.274 e. The van der Waals surface area contributed by atoms with Crippen LogP contribution in [0.1, 0.15) is 23.8 Å². The third-order valence-electron chi connectivity index (χ3n) is 4.41. The highest BCUT2D eigenvalue weighted by Gasteiger charge is 2.33. The van der Waals surface area contributed by atoms with Crippen molar-refractivity contribution >= 4 is 27.2 Å². The first-order valence-corrected chi connectivity index (χ1v) is 10.5. The van der Waals surface area contributed by atoms with Crippen LogP contribution in [-0.2, 0) is 9.84 Å². The van der Waals surface area contributed by atoms with Crippen LogP contribution in [0.15, 0.2) is 36.4 Å². The molecular formula is C18H22N4O4S. The quantitative estimate of drug-likeness (QED) is 0.803. The lowest BCUT2D eigenvalue weighted by molar-refractivity contribution is 0.0740. The second kappa shape index (κ2) is 7.91. The molecule has 0 saturated carbocycles. The maximum absolute atomic E-state index is 12.5. The first-order chi connectivity index (χ1) is 12.9. The molecule has 8 nitrogen and oxygen atoms in total. The van der Waals surface area contributed by atoms with Gasteiger partial charge in [0, 0.05) is 13.1 Å². The number of sulfone groups is 1. The van der Waals surface area contributed by atoms with Crippen LogP contribution >= 0.6 is 0 Å². The SMILES string of the molecule is CCOc1ccccc1Nc1ccc(C(=O)N(C)C2CCS(=O)(=O)C2)nn1. The number of amides is 1. The van der Waals surface area contributed by atoms with E-state index in [9.17, 15) is 13.2 Å². The monoisotopic (exact) mass is 390 g/mol. The average molecular weight is 390 g/mol. The molecule has 9 heteroatoms. The summed E-state index contributed by atoms with van der Waals surface area (Å²) in [5, 5.41) is 11.2. The van der Waals surface area contributed by atoms with Crippen LogP contribution in [0.25, 0.3) is 0 Å². The number of carbonyl (C=O) groups is 1. The van der Waals surface area contributed by atoms with E-state index in [2.05, 4.69) is 15.5 Å². The molecular weight excluding hydrogens is 368 g/mol. The summed E-state index contributed by atoms with van der Waals surface area (Å²) in [5.41, 5.74) is 0.923. The molecule has 1 aliphatic heterocycles. The molecule has 2 heterocycles. The second-order valence-corrected chi connectivity index (χ2v) is 8.56. The molecule has 1 N–H and O–H groups in total. The van der Waals surface area contributed by atoms with Crippen LogP contribution < -0.4 is 10.1 Å². The van der Waals surface area contributed by atoms with Crippen molar-refractivity contribution in [2.45, 2.75) is 19.4 Å². The Morgan fingerprint density at radius 3 is 2.67 bits per heavy atom. The molecule has 1 fully saturated rings. The van der Waals surface area contributed by atoms with Gasteiger partial charge in [-0.25, -0.2) is 8.42 Å². The van der Waals surface area contributed by atoms with Crippen LogP contribution in [0, 0.1) is 0 Å². The van der Waals surface area contributed by atoms with Gasteiger partial charge in [0.15, 0.2) is 21.3 Å². The highest BCUT2D eigenvalue weighted by molar-refractivity contribution is 7.91. The first kappa shape index (κ1) is 19.1. The lowest BCUT2D eigenvalue weighted by Gasteiger charge is -2.22. The molecule has 0 bridgehead atoms. The molecule has 1 amide bonds. The Hall–Kier alpha value is -2.68. The normalized spacial score (nSPS) is 18.1. The summed E-state index contributed by atoms with van der Waals surface area (Å²) in [7, 11) is -1.46. The number of hydrogen-bond donors (Lipinski definition) is 1. The van der Waals surface area contributed by atoms with E-state index in [1.54, 1.807) is 19.2 Å². The molecule has 27 heavy (non-hydrogen) atoms. The largest absolute Gasteiger partial charge is 0.492 e. The molecule has 1 aromatic heterocycles. The molecule has 2 aromatic rings. The predicted molar refractivity (Wildman–Crippen MR) is 102 cm³/mol. The van der Waals surface area contributed by atoms with E-state index in [4.69, 9.17) is 4.74 Å². The van der Waals surface area contributed by atoms with Crippen LogP contribution in [0.2, 0.25) is 0 Å². The summed E-state index contributed by atoms with van der Waals surface area (Å²) in [5.74, 6) is 0.944. The summed E-state index contributed by atoms with van der Waals surface area (Å²) in [6.07, 6.45) is 0.450. The molecule has 3 rings (SSSR count). The van der Waals surface area contributed by atoms with Crippen molar-refractivity contribution in [1.29, 1.82) is 0 Å². The summed E-state index contributed by atoms with van der Waals surface area (Å²) < 4.78 is 28.8. The average Bonchev–Trinajstić information content (AvgIpc) is 3.03. The van der Waals surface area contributed by atoms with Crippen molar-refractivity contribution < 1.29 is 17.9 Å². The number of hydrogen-bond acceptors (Lipinski definition) is 7. The Morgan fingerprint density at radius 1 is 1.26 bits per heavy atom. The highest BCUT2D eigenvalue weighted by atomic mass is 32.2. The number of aromatic nitrogens is 2. The fourth-order valence-corrected chi connectivity index (χ4v) is 4.70.